The molecule has 4 rings (SSSR count). The van der Waals surface area contributed by atoms with Crippen LogP contribution >= 0.6 is 0 Å². The second-order valence-corrected chi connectivity index (χ2v) is 6.14. The number of rotatable bonds is 4. The van der Waals surface area contributed by atoms with E-state index < -0.39 is 0 Å². The van der Waals surface area contributed by atoms with Gasteiger partial charge in [-0.25, -0.2) is 4.39 Å². The molecule has 1 aromatic carbocycles. The Hall–Kier alpha value is -1.74. The molecule has 108 valence electrons. The van der Waals surface area contributed by atoms with Crippen molar-refractivity contribution < 1.29 is 4.39 Å². The van der Waals surface area contributed by atoms with Crippen LogP contribution in [-0.2, 0) is 13.0 Å². The van der Waals surface area contributed by atoms with Gasteiger partial charge in [0.05, 0.1) is 5.69 Å². The molecule has 0 amide bonds. The summed E-state index contributed by atoms with van der Waals surface area (Å²) in [4.78, 5) is 4.55. The van der Waals surface area contributed by atoms with Crippen molar-refractivity contribution in [1.82, 2.24) is 10.3 Å². The number of hydrogen-bond acceptors (Lipinski definition) is 2. The standard InChI is InChI=1S/C18H19FN2/c19-14-5-3-13(11-21-15-6-7-15)17(10-14)16-8-4-12-2-1-9-20-18(12)16/h1-3,5,9-10,15-16,21H,4,6-8,11H2. The molecule has 0 radical (unpaired) electrons. The topological polar surface area (TPSA) is 24.9 Å². The molecule has 1 unspecified atom stereocenters. The minimum Gasteiger partial charge on any atom is -0.310 e. The van der Waals surface area contributed by atoms with Crippen LogP contribution in [-0.4, -0.2) is 11.0 Å². The Morgan fingerprint density at radius 3 is 2.95 bits per heavy atom. The van der Waals surface area contributed by atoms with Gasteiger partial charge >= 0.3 is 0 Å². The maximum absolute atomic E-state index is 13.7. The molecule has 1 aromatic heterocycles. The molecule has 2 aliphatic rings. The molecular formula is C18H19FN2. The molecule has 2 aromatic rings. The summed E-state index contributed by atoms with van der Waals surface area (Å²) in [5.74, 6) is 0.0949. The molecule has 2 nitrogen and oxygen atoms in total. The number of aromatic nitrogens is 1. The lowest BCUT2D eigenvalue weighted by atomic mass is 9.91. The molecule has 1 fully saturated rings. The van der Waals surface area contributed by atoms with Crippen molar-refractivity contribution in [3.8, 4) is 0 Å². The third kappa shape index (κ3) is 2.58. The lowest BCUT2D eigenvalue weighted by Gasteiger charge is -2.17. The monoisotopic (exact) mass is 282 g/mol. The number of pyridine rings is 1. The first-order valence-corrected chi connectivity index (χ1v) is 7.77. The van der Waals surface area contributed by atoms with E-state index in [9.17, 15) is 4.39 Å². The van der Waals surface area contributed by atoms with Gasteiger partial charge in [0.25, 0.3) is 0 Å². The van der Waals surface area contributed by atoms with Crippen LogP contribution in [0.25, 0.3) is 0 Å². The van der Waals surface area contributed by atoms with Crippen LogP contribution in [0.5, 0.6) is 0 Å². The second-order valence-electron chi connectivity index (χ2n) is 6.14. The number of nitrogens with one attached hydrogen (secondary N) is 1. The minimum absolute atomic E-state index is 0.149. The summed E-state index contributed by atoms with van der Waals surface area (Å²) in [6, 6.07) is 10.0. The number of nitrogens with zero attached hydrogens (tertiary/aromatic N) is 1. The van der Waals surface area contributed by atoms with Gasteiger partial charge in [-0.05, 0) is 60.6 Å². The van der Waals surface area contributed by atoms with Gasteiger partial charge < -0.3 is 5.32 Å². The van der Waals surface area contributed by atoms with Crippen molar-refractivity contribution >= 4 is 0 Å². The van der Waals surface area contributed by atoms with E-state index in [1.165, 1.54) is 24.0 Å². The van der Waals surface area contributed by atoms with E-state index >= 15 is 0 Å². The fraction of sp³-hybridized carbons (Fsp3) is 0.389. The highest BCUT2D eigenvalue weighted by atomic mass is 19.1. The fourth-order valence-corrected chi connectivity index (χ4v) is 3.31. The molecule has 3 heteroatoms. The normalized spacial score (nSPS) is 20.5. The Bertz CT molecular complexity index is 664. The average Bonchev–Trinajstić information content (AvgIpc) is 3.23. The van der Waals surface area contributed by atoms with Crippen LogP contribution in [0.2, 0.25) is 0 Å². The van der Waals surface area contributed by atoms with Crippen LogP contribution in [0.4, 0.5) is 4.39 Å². The van der Waals surface area contributed by atoms with E-state index in [1.807, 2.05) is 18.3 Å². The summed E-state index contributed by atoms with van der Waals surface area (Å²) in [6.07, 6.45) is 6.46. The van der Waals surface area contributed by atoms with Crippen molar-refractivity contribution in [2.45, 2.75) is 44.2 Å². The Balaban J connectivity index is 1.68. The first-order chi connectivity index (χ1) is 10.3. The highest BCUT2D eigenvalue weighted by molar-refractivity contribution is 5.42. The molecule has 1 N–H and O–H groups in total. The quantitative estimate of drug-likeness (QED) is 0.927. The average molecular weight is 282 g/mol. The van der Waals surface area contributed by atoms with E-state index in [-0.39, 0.29) is 11.7 Å². The highest BCUT2D eigenvalue weighted by Crippen LogP contribution is 2.38. The number of aryl methyl sites for hydroxylation is 1. The molecule has 21 heavy (non-hydrogen) atoms. The fourth-order valence-electron chi connectivity index (χ4n) is 3.31. The van der Waals surface area contributed by atoms with Gasteiger partial charge in [0.15, 0.2) is 0 Å². The minimum atomic E-state index is -0.149. The van der Waals surface area contributed by atoms with E-state index in [4.69, 9.17) is 0 Å². The molecule has 0 saturated heterocycles. The molecule has 1 atom stereocenters. The predicted octanol–water partition coefficient (Wildman–Crippen LogP) is 3.55. The van der Waals surface area contributed by atoms with Gasteiger partial charge in [-0.2, -0.15) is 0 Å². The van der Waals surface area contributed by atoms with Gasteiger partial charge in [0.1, 0.15) is 5.82 Å². The largest absolute Gasteiger partial charge is 0.310 e. The van der Waals surface area contributed by atoms with Gasteiger partial charge in [0.2, 0.25) is 0 Å². The molecule has 0 aliphatic heterocycles. The summed E-state index contributed by atoms with van der Waals surface area (Å²) in [7, 11) is 0. The van der Waals surface area contributed by atoms with E-state index in [0.717, 1.165) is 30.6 Å². The lowest BCUT2D eigenvalue weighted by Crippen LogP contribution is -2.17. The zero-order valence-corrected chi connectivity index (χ0v) is 12.0. The van der Waals surface area contributed by atoms with Crippen LogP contribution in [0.1, 0.15) is 47.6 Å². The number of hydrogen-bond donors (Lipinski definition) is 1. The molecule has 0 spiro atoms. The zero-order valence-electron chi connectivity index (χ0n) is 12.0. The Kier molecular flexibility index (Phi) is 3.23. The number of benzene rings is 1. The highest BCUT2D eigenvalue weighted by Gasteiger charge is 2.28. The van der Waals surface area contributed by atoms with Crippen LogP contribution < -0.4 is 5.32 Å². The van der Waals surface area contributed by atoms with E-state index in [1.54, 1.807) is 12.1 Å². The van der Waals surface area contributed by atoms with E-state index in [2.05, 4.69) is 16.4 Å². The van der Waals surface area contributed by atoms with Crippen molar-refractivity contribution in [3.63, 3.8) is 0 Å². The first kappa shape index (κ1) is 13.0. The van der Waals surface area contributed by atoms with E-state index in [0.29, 0.717) is 6.04 Å². The maximum Gasteiger partial charge on any atom is 0.123 e. The van der Waals surface area contributed by atoms with Crippen molar-refractivity contribution in [2.24, 2.45) is 0 Å². The van der Waals surface area contributed by atoms with Crippen molar-refractivity contribution in [3.05, 3.63) is 64.7 Å². The van der Waals surface area contributed by atoms with Crippen LogP contribution in [0.3, 0.4) is 0 Å². The lowest BCUT2D eigenvalue weighted by molar-refractivity contribution is 0.615. The van der Waals surface area contributed by atoms with Crippen molar-refractivity contribution in [1.29, 1.82) is 0 Å². The summed E-state index contributed by atoms with van der Waals surface area (Å²) in [5, 5.41) is 3.54. The van der Waals surface area contributed by atoms with Crippen LogP contribution in [0, 0.1) is 5.82 Å². The predicted molar refractivity (Wildman–Crippen MR) is 80.7 cm³/mol. The smallest absolute Gasteiger partial charge is 0.123 e. The zero-order chi connectivity index (χ0) is 14.2. The third-order valence-electron chi connectivity index (χ3n) is 4.60. The summed E-state index contributed by atoms with van der Waals surface area (Å²) >= 11 is 0. The van der Waals surface area contributed by atoms with Crippen molar-refractivity contribution in [2.75, 3.05) is 0 Å². The Morgan fingerprint density at radius 2 is 2.10 bits per heavy atom. The van der Waals surface area contributed by atoms with Gasteiger partial charge in [-0.1, -0.05) is 12.1 Å². The SMILES string of the molecule is Fc1ccc(CNC2CC2)c(C2CCc3cccnc32)c1. The summed E-state index contributed by atoms with van der Waals surface area (Å²) in [6.45, 7) is 0.832. The van der Waals surface area contributed by atoms with Gasteiger partial charge in [-0.15, -0.1) is 0 Å². The summed E-state index contributed by atoms with van der Waals surface area (Å²) in [5.41, 5.74) is 4.77. The molecule has 0 bridgehead atoms. The third-order valence-corrected chi connectivity index (χ3v) is 4.60. The van der Waals surface area contributed by atoms with Crippen LogP contribution in [0.15, 0.2) is 36.5 Å². The molecule has 1 heterocycles. The number of halogens is 1. The molecule has 1 saturated carbocycles. The maximum atomic E-state index is 13.7. The second kappa shape index (κ2) is 5.23. The summed E-state index contributed by atoms with van der Waals surface area (Å²) < 4.78 is 13.7. The Labute approximate surface area is 124 Å². The Morgan fingerprint density at radius 1 is 1.19 bits per heavy atom. The first-order valence-electron chi connectivity index (χ1n) is 7.77. The van der Waals surface area contributed by atoms with Gasteiger partial charge in [-0.3, -0.25) is 4.98 Å². The number of fused-ring (bicyclic) bond motifs is 1. The molecular weight excluding hydrogens is 263 g/mol. The molecule has 2 aliphatic carbocycles. The van der Waals surface area contributed by atoms with Gasteiger partial charge in [0, 0.05) is 24.7 Å².